The fourth-order valence-electron chi connectivity index (χ4n) is 3.93. The molecule has 0 atom stereocenters. The van der Waals surface area contributed by atoms with Crippen LogP contribution in [-0.2, 0) is 17.9 Å². The van der Waals surface area contributed by atoms with Crippen molar-refractivity contribution in [2.75, 3.05) is 0 Å². The molecule has 1 N–H and O–H groups in total. The summed E-state index contributed by atoms with van der Waals surface area (Å²) in [7, 11) is 0. The molecule has 1 saturated carbocycles. The minimum atomic E-state index is 0.0311. The van der Waals surface area contributed by atoms with Crippen LogP contribution in [0.15, 0.2) is 42.5 Å². The smallest absolute Gasteiger partial charge is 0.240 e. The summed E-state index contributed by atoms with van der Waals surface area (Å²) in [6, 6.07) is 13.7. The van der Waals surface area contributed by atoms with Crippen molar-refractivity contribution in [3.63, 3.8) is 0 Å². The van der Waals surface area contributed by atoms with Gasteiger partial charge in [-0.25, -0.2) is 4.98 Å². The van der Waals surface area contributed by atoms with Crippen LogP contribution in [0.3, 0.4) is 0 Å². The third kappa shape index (κ3) is 4.73. The molecule has 4 rings (SSSR count). The van der Waals surface area contributed by atoms with Crippen LogP contribution in [0.5, 0.6) is 5.75 Å². The average Bonchev–Trinajstić information content (AvgIpc) is 3.07. The minimum Gasteiger partial charge on any atom is -0.486 e. The standard InChI is InChI=1S/C23H26ClN3O2/c1-16-13-18(11-12-19(16)24)29-15-22-26-20-9-5-6-10-21(20)27(22)14-23(28)25-17-7-3-2-4-8-17/h5-6,9-13,17H,2-4,7-8,14-15H2,1H3,(H,25,28). The highest BCUT2D eigenvalue weighted by Gasteiger charge is 2.18. The van der Waals surface area contributed by atoms with Crippen molar-refractivity contribution < 1.29 is 9.53 Å². The zero-order valence-corrected chi connectivity index (χ0v) is 17.4. The Balaban J connectivity index is 1.52. The van der Waals surface area contributed by atoms with E-state index in [-0.39, 0.29) is 19.1 Å². The van der Waals surface area contributed by atoms with Crippen LogP contribution in [0.25, 0.3) is 11.0 Å². The molecule has 1 aromatic heterocycles. The number of benzene rings is 2. The fourth-order valence-corrected chi connectivity index (χ4v) is 4.05. The number of nitrogens with zero attached hydrogens (tertiary/aromatic N) is 2. The molecule has 3 aromatic rings. The summed E-state index contributed by atoms with van der Waals surface area (Å²) in [6.45, 7) is 2.47. The van der Waals surface area contributed by atoms with Crippen molar-refractivity contribution in [2.45, 2.75) is 58.2 Å². The number of rotatable bonds is 6. The fraction of sp³-hybridized carbons (Fsp3) is 0.391. The van der Waals surface area contributed by atoms with Gasteiger partial charge in [-0.2, -0.15) is 0 Å². The van der Waals surface area contributed by atoms with E-state index >= 15 is 0 Å². The number of hydrogen-bond donors (Lipinski definition) is 1. The maximum absolute atomic E-state index is 12.7. The van der Waals surface area contributed by atoms with Crippen LogP contribution in [0.4, 0.5) is 0 Å². The van der Waals surface area contributed by atoms with E-state index in [4.69, 9.17) is 21.3 Å². The van der Waals surface area contributed by atoms with Crippen LogP contribution in [0, 0.1) is 6.92 Å². The zero-order valence-electron chi connectivity index (χ0n) is 16.7. The van der Waals surface area contributed by atoms with Gasteiger partial charge in [0.05, 0.1) is 11.0 Å². The van der Waals surface area contributed by atoms with Crippen LogP contribution in [0.2, 0.25) is 5.02 Å². The van der Waals surface area contributed by atoms with Crippen LogP contribution in [-0.4, -0.2) is 21.5 Å². The second-order valence-electron chi connectivity index (χ2n) is 7.71. The Labute approximate surface area is 176 Å². The molecule has 1 aliphatic rings. The van der Waals surface area contributed by atoms with E-state index in [1.54, 1.807) is 0 Å². The van der Waals surface area contributed by atoms with Gasteiger partial charge in [-0.05, 0) is 55.7 Å². The molecule has 2 aromatic carbocycles. The Hall–Kier alpha value is -2.53. The lowest BCUT2D eigenvalue weighted by atomic mass is 9.95. The van der Waals surface area contributed by atoms with Gasteiger partial charge < -0.3 is 14.6 Å². The van der Waals surface area contributed by atoms with Crippen molar-refractivity contribution in [1.82, 2.24) is 14.9 Å². The molecule has 0 aliphatic heterocycles. The number of carbonyl (C=O) groups is 1. The van der Waals surface area contributed by atoms with E-state index in [2.05, 4.69) is 5.32 Å². The lowest BCUT2D eigenvalue weighted by molar-refractivity contribution is -0.122. The molecule has 0 unspecified atom stereocenters. The van der Waals surface area contributed by atoms with Gasteiger partial charge in [0.1, 0.15) is 24.7 Å². The largest absolute Gasteiger partial charge is 0.486 e. The predicted octanol–water partition coefficient (Wildman–Crippen LogP) is 5.03. The second kappa shape index (κ2) is 8.87. The molecule has 1 heterocycles. The number of imidazole rings is 1. The first-order chi connectivity index (χ1) is 14.1. The summed E-state index contributed by atoms with van der Waals surface area (Å²) >= 11 is 6.10. The van der Waals surface area contributed by atoms with Gasteiger partial charge in [0.25, 0.3) is 0 Å². The number of hydrogen-bond acceptors (Lipinski definition) is 3. The molecule has 0 bridgehead atoms. The van der Waals surface area contributed by atoms with E-state index in [1.807, 2.05) is 54.0 Å². The summed E-state index contributed by atoms with van der Waals surface area (Å²) in [6.07, 6.45) is 5.80. The number of nitrogens with one attached hydrogen (secondary N) is 1. The van der Waals surface area contributed by atoms with Gasteiger partial charge in [-0.15, -0.1) is 0 Å². The SMILES string of the molecule is Cc1cc(OCc2nc3ccccc3n2CC(=O)NC2CCCCC2)ccc1Cl. The molecule has 0 radical (unpaired) electrons. The molecular formula is C23H26ClN3O2. The molecule has 29 heavy (non-hydrogen) atoms. The molecule has 5 nitrogen and oxygen atoms in total. The molecule has 152 valence electrons. The summed E-state index contributed by atoms with van der Waals surface area (Å²) in [4.78, 5) is 17.4. The van der Waals surface area contributed by atoms with Gasteiger partial charge in [-0.1, -0.05) is 43.0 Å². The van der Waals surface area contributed by atoms with Gasteiger partial charge in [-0.3, -0.25) is 4.79 Å². The number of aromatic nitrogens is 2. The van der Waals surface area contributed by atoms with Crippen molar-refractivity contribution in [3.8, 4) is 5.75 Å². The number of fused-ring (bicyclic) bond motifs is 1. The van der Waals surface area contributed by atoms with Crippen LogP contribution in [0.1, 0.15) is 43.5 Å². The highest BCUT2D eigenvalue weighted by molar-refractivity contribution is 6.31. The first kappa shape index (κ1) is 19.8. The maximum atomic E-state index is 12.7. The predicted molar refractivity (Wildman–Crippen MR) is 115 cm³/mol. The molecule has 1 aliphatic carbocycles. The lowest BCUT2D eigenvalue weighted by Gasteiger charge is -2.23. The first-order valence-corrected chi connectivity index (χ1v) is 10.6. The van der Waals surface area contributed by atoms with E-state index < -0.39 is 0 Å². The average molecular weight is 412 g/mol. The van der Waals surface area contributed by atoms with Crippen LogP contribution < -0.4 is 10.1 Å². The van der Waals surface area contributed by atoms with Crippen molar-refractivity contribution in [3.05, 3.63) is 58.9 Å². The highest BCUT2D eigenvalue weighted by Crippen LogP contribution is 2.23. The summed E-state index contributed by atoms with van der Waals surface area (Å²) < 4.78 is 7.91. The number of carbonyl (C=O) groups excluding carboxylic acids is 1. The van der Waals surface area contributed by atoms with Crippen molar-refractivity contribution in [2.24, 2.45) is 0 Å². The highest BCUT2D eigenvalue weighted by atomic mass is 35.5. The van der Waals surface area contributed by atoms with E-state index in [9.17, 15) is 4.79 Å². The normalized spacial score (nSPS) is 14.8. The Morgan fingerprint density at radius 2 is 2.00 bits per heavy atom. The number of ether oxygens (including phenoxy) is 1. The molecule has 0 saturated heterocycles. The zero-order chi connectivity index (χ0) is 20.2. The number of para-hydroxylation sites is 2. The molecular weight excluding hydrogens is 386 g/mol. The minimum absolute atomic E-state index is 0.0311. The molecule has 1 amide bonds. The lowest BCUT2D eigenvalue weighted by Crippen LogP contribution is -2.38. The number of halogens is 1. The van der Waals surface area contributed by atoms with Gasteiger partial charge >= 0.3 is 0 Å². The third-order valence-electron chi connectivity index (χ3n) is 5.50. The number of aryl methyl sites for hydroxylation is 1. The van der Waals surface area contributed by atoms with Gasteiger partial charge in [0, 0.05) is 11.1 Å². The van der Waals surface area contributed by atoms with Crippen molar-refractivity contribution >= 4 is 28.5 Å². The summed E-state index contributed by atoms with van der Waals surface area (Å²) in [5, 5.41) is 3.91. The second-order valence-corrected chi connectivity index (χ2v) is 8.11. The number of amides is 1. The Morgan fingerprint density at radius 3 is 2.79 bits per heavy atom. The molecule has 6 heteroatoms. The topological polar surface area (TPSA) is 56.2 Å². The molecule has 0 spiro atoms. The summed E-state index contributed by atoms with van der Waals surface area (Å²) in [5.74, 6) is 1.50. The Morgan fingerprint density at radius 1 is 1.21 bits per heavy atom. The Bertz CT molecular complexity index is 1010. The van der Waals surface area contributed by atoms with Gasteiger partial charge in [0.2, 0.25) is 5.91 Å². The summed E-state index contributed by atoms with van der Waals surface area (Å²) in [5.41, 5.74) is 2.77. The monoisotopic (exact) mass is 411 g/mol. The van der Waals surface area contributed by atoms with E-state index in [0.29, 0.717) is 11.1 Å². The maximum Gasteiger partial charge on any atom is 0.240 e. The molecule has 1 fully saturated rings. The first-order valence-electron chi connectivity index (χ1n) is 10.2. The Kier molecular flexibility index (Phi) is 6.05. The van der Waals surface area contributed by atoms with Crippen molar-refractivity contribution in [1.29, 1.82) is 0 Å². The van der Waals surface area contributed by atoms with Crippen LogP contribution >= 0.6 is 11.6 Å². The van der Waals surface area contributed by atoms with E-state index in [1.165, 1.54) is 19.3 Å². The van der Waals surface area contributed by atoms with Gasteiger partial charge in [0.15, 0.2) is 0 Å². The third-order valence-corrected chi connectivity index (χ3v) is 5.93. The van der Waals surface area contributed by atoms with E-state index in [0.717, 1.165) is 41.0 Å². The quantitative estimate of drug-likeness (QED) is 0.619.